The molecule has 0 spiro atoms. The fourth-order valence-electron chi connectivity index (χ4n) is 1.76. The Labute approximate surface area is 111 Å². The van der Waals surface area contributed by atoms with E-state index in [1.807, 2.05) is 48.5 Å². The van der Waals surface area contributed by atoms with Gasteiger partial charge in [0, 0.05) is 5.56 Å². The highest BCUT2D eigenvalue weighted by Gasteiger charge is 2.15. The Morgan fingerprint density at radius 1 is 1.11 bits per heavy atom. The third-order valence-corrected chi connectivity index (χ3v) is 2.76. The molecule has 4 heteroatoms. The van der Waals surface area contributed by atoms with Gasteiger partial charge in [-0.25, -0.2) is 5.48 Å². The standard InChI is InChI=1S/C15H15NO3/c1-11(15(17)16-18)19-14-10-6-5-9-13(14)12-7-3-2-4-8-12/h2-11,18H,1H3,(H,16,17)/t11-/m0/s1. The van der Waals surface area contributed by atoms with E-state index in [0.29, 0.717) is 5.75 Å². The second kappa shape index (κ2) is 6.02. The SMILES string of the molecule is C[C@H](Oc1ccccc1-c1ccccc1)C(=O)NO. The Bertz CT molecular complexity index is 554. The van der Waals surface area contributed by atoms with E-state index in [1.165, 1.54) is 0 Å². The summed E-state index contributed by atoms with van der Waals surface area (Å²) in [4.78, 5) is 11.3. The molecule has 2 N–H and O–H groups in total. The quantitative estimate of drug-likeness (QED) is 0.654. The van der Waals surface area contributed by atoms with Crippen LogP contribution < -0.4 is 10.2 Å². The number of amides is 1. The van der Waals surface area contributed by atoms with Gasteiger partial charge in [0.05, 0.1) is 0 Å². The summed E-state index contributed by atoms with van der Waals surface area (Å²) >= 11 is 0. The van der Waals surface area contributed by atoms with Crippen LogP contribution in [-0.2, 0) is 4.79 Å². The number of hydrogen-bond donors (Lipinski definition) is 2. The van der Waals surface area contributed by atoms with Crippen molar-refractivity contribution in [3.8, 4) is 16.9 Å². The number of rotatable bonds is 4. The maximum absolute atomic E-state index is 11.3. The Morgan fingerprint density at radius 2 is 1.74 bits per heavy atom. The van der Waals surface area contributed by atoms with E-state index in [9.17, 15) is 4.79 Å². The molecule has 0 saturated heterocycles. The van der Waals surface area contributed by atoms with Crippen LogP contribution in [0.25, 0.3) is 11.1 Å². The third-order valence-electron chi connectivity index (χ3n) is 2.76. The number of hydroxylamine groups is 1. The Kier molecular flexibility index (Phi) is 4.15. The predicted molar refractivity (Wildman–Crippen MR) is 71.9 cm³/mol. The van der Waals surface area contributed by atoms with Crippen LogP contribution in [0.2, 0.25) is 0 Å². The van der Waals surface area contributed by atoms with E-state index in [4.69, 9.17) is 9.94 Å². The average molecular weight is 257 g/mol. The molecule has 1 amide bonds. The van der Waals surface area contributed by atoms with Crippen molar-refractivity contribution in [3.05, 3.63) is 54.6 Å². The van der Waals surface area contributed by atoms with E-state index < -0.39 is 12.0 Å². The molecule has 0 radical (unpaired) electrons. The zero-order valence-electron chi connectivity index (χ0n) is 10.5. The molecule has 0 fully saturated rings. The Hall–Kier alpha value is -2.33. The lowest BCUT2D eigenvalue weighted by Gasteiger charge is -2.15. The van der Waals surface area contributed by atoms with Crippen molar-refractivity contribution in [1.82, 2.24) is 5.48 Å². The minimum Gasteiger partial charge on any atom is -0.480 e. The number of nitrogens with one attached hydrogen (secondary N) is 1. The molecular formula is C15H15NO3. The summed E-state index contributed by atoms with van der Waals surface area (Å²) in [6.45, 7) is 1.58. The summed E-state index contributed by atoms with van der Waals surface area (Å²) in [5.41, 5.74) is 3.49. The zero-order valence-corrected chi connectivity index (χ0v) is 10.5. The van der Waals surface area contributed by atoms with Crippen molar-refractivity contribution in [1.29, 1.82) is 0 Å². The first kappa shape index (κ1) is 13.1. The topological polar surface area (TPSA) is 58.6 Å². The monoisotopic (exact) mass is 257 g/mol. The van der Waals surface area contributed by atoms with Gasteiger partial charge in [-0.15, -0.1) is 0 Å². The minimum atomic E-state index is -0.769. The molecule has 2 rings (SSSR count). The highest BCUT2D eigenvalue weighted by Crippen LogP contribution is 2.30. The summed E-state index contributed by atoms with van der Waals surface area (Å²) in [5, 5.41) is 8.59. The van der Waals surface area contributed by atoms with Gasteiger partial charge in [0.25, 0.3) is 5.91 Å². The lowest BCUT2D eigenvalue weighted by atomic mass is 10.0. The molecular weight excluding hydrogens is 242 g/mol. The van der Waals surface area contributed by atoms with Gasteiger partial charge in [0.2, 0.25) is 0 Å². The van der Waals surface area contributed by atoms with E-state index in [0.717, 1.165) is 11.1 Å². The van der Waals surface area contributed by atoms with Crippen LogP contribution in [0.5, 0.6) is 5.75 Å². The van der Waals surface area contributed by atoms with Crippen molar-refractivity contribution >= 4 is 5.91 Å². The average Bonchev–Trinajstić information content (AvgIpc) is 2.47. The van der Waals surface area contributed by atoms with Crippen LogP contribution in [0.1, 0.15) is 6.92 Å². The summed E-state index contributed by atoms with van der Waals surface area (Å²) in [6, 6.07) is 17.2. The summed E-state index contributed by atoms with van der Waals surface area (Å²) in [6.07, 6.45) is -0.769. The van der Waals surface area contributed by atoms with Crippen molar-refractivity contribution in [2.24, 2.45) is 0 Å². The molecule has 0 bridgehead atoms. The summed E-state index contributed by atoms with van der Waals surface area (Å²) in [7, 11) is 0. The van der Waals surface area contributed by atoms with Crippen LogP contribution in [0.4, 0.5) is 0 Å². The number of ether oxygens (including phenoxy) is 1. The fraction of sp³-hybridized carbons (Fsp3) is 0.133. The number of para-hydroxylation sites is 1. The van der Waals surface area contributed by atoms with Crippen molar-refractivity contribution in [2.45, 2.75) is 13.0 Å². The van der Waals surface area contributed by atoms with Gasteiger partial charge in [0.1, 0.15) is 5.75 Å². The molecule has 19 heavy (non-hydrogen) atoms. The van der Waals surface area contributed by atoms with Crippen LogP contribution >= 0.6 is 0 Å². The molecule has 98 valence electrons. The third kappa shape index (κ3) is 3.11. The minimum absolute atomic E-state index is 0.581. The smallest absolute Gasteiger partial charge is 0.284 e. The molecule has 0 saturated carbocycles. The van der Waals surface area contributed by atoms with E-state index in [1.54, 1.807) is 18.5 Å². The van der Waals surface area contributed by atoms with E-state index >= 15 is 0 Å². The molecule has 0 heterocycles. The second-order valence-corrected chi connectivity index (χ2v) is 4.10. The van der Waals surface area contributed by atoms with E-state index in [2.05, 4.69) is 0 Å². The molecule has 0 aliphatic rings. The van der Waals surface area contributed by atoms with Gasteiger partial charge in [-0.2, -0.15) is 0 Å². The Morgan fingerprint density at radius 3 is 2.42 bits per heavy atom. The van der Waals surface area contributed by atoms with Crippen molar-refractivity contribution in [3.63, 3.8) is 0 Å². The van der Waals surface area contributed by atoms with Gasteiger partial charge < -0.3 is 4.74 Å². The highest BCUT2D eigenvalue weighted by atomic mass is 16.5. The largest absolute Gasteiger partial charge is 0.480 e. The molecule has 4 nitrogen and oxygen atoms in total. The highest BCUT2D eigenvalue weighted by molar-refractivity contribution is 5.80. The van der Waals surface area contributed by atoms with Crippen LogP contribution in [0.3, 0.4) is 0 Å². The number of hydrogen-bond acceptors (Lipinski definition) is 3. The summed E-state index contributed by atoms with van der Waals surface area (Å²) in [5.74, 6) is 0.0210. The van der Waals surface area contributed by atoms with Gasteiger partial charge in [-0.05, 0) is 18.6 Å². The van der Waals surface area contributed by atoms with Crippen molar-refractivity contribution < 1.29 is 14.7 Å². The van der Waals surface area contributed by atoms with Gasteiger partial charge >= 0.3 is 0 Å². The number of carbonyl (C=O) groups is 1. The first-order valence-corrected chi connectivity index (χ1v) is 5.97. The normalized spacial score (nSPS) is 11.7. The van der Waals surface area contributed by atoms with E-state index in [-0.39, 0.29) is 0 Å². The maximum atomic E-state index is 11.3. The van der Waals surface area contributed by atoms with Gasteiger partial charge in [-0.1, -0.05) is 48.5 Å². The van der Waals surface area contributed by atoms with Crippen LogP contribution in [-0.4, -0.2) is 17.2 Å². The Balaban J connectivity index is 2.30. The van der Waals surface area contributed by atoms with Crippen LogP contribution in [0, 0.1) is 0 Å². The van der Waals surface area contributed by atoms with Crippen LogP contribution in [0.15, 0.2) is 54.6 Å². The molecule has 0 aliphatic carbocycles. The second-order valence-electron chi connectivity index (χ2n) is 4.10. The molecule has 1 atom stereocenters. The lowest BCUT2D eigenvalue weighted by molar-refractivity contribution is -0.135. The molecule has 2 aromatic rings. The first-order valence-electron chi connectivity index (χ1n) is 5.97. The number of carbonyl (C=O) groups excluding carboxylic acids is 1. The molecule has 2 aromatic carbocycles. The maximum Gasteiger partial charge on any atom is 0.284 e. The van der Waals surface area contributed by atoms with Gasteiger partial charge in [-0.3, -0.25) is 10.0 Å². The van der Waals surface area contributed by atoms with Crippen molar-refractivity contribution in [2.75, 3.05) is 0 Å². The lowest BCUT2D eigenvalue weighted by Crippen LogP contribution is -2.34. The summed E-state index contributed by atoms with van der Waals surface area (Å²) < 4.78 is 5.58. The number of benzene rings is 2. The molecule has 0 unspecified atom stereocenters. The first-order chi connectivity index (χ1) is 9.22. The fourth-order valence-corrected chi connectivity index (χ4v) is 1.76. The zero-order chi connectivity index (χ0) is 13.7. The molecule has 0 aliphatic heterocycles. The van der Waals surface area contributed by atoms with Gasteiger partial charge in [0.15, 0.2) is 6.10 Å². The predicted octanol–water partition coefficient (Wildman–Crippen LogP) is 2.63. The molecule has 0 aromatic heterocycles.